The van der Waals surface area contributed by atoms with E-state index in [0.717, 1.165) is 16.8 Å². The van der Waals surface area contributed by atoms with Gasteiger partial charge >= 0.3 is 5.69 Å². The molecule has 0 saturated heterocycles. The summed E-state index contributed by atoms with van der Waals surface area (Å²) in [5, 5.41) is 14.4. The highest BCUT2D eigenvalue weighted by atomic mass is 16.5. The summed E-state index contributed by atoms with van der Waals surface area (Å²) in [4.78, 5) is 22.1. The Morgan fingerprint density at radius 3 is 2.85 bits per heavy atom. The number of nitriles is 1. The molecule has 33 heavy (non-hydrogen) atoms. The number of nitrogens with two attached hydrogens (primary N) is 1. The number of aromatic nitrogens is 6. The minimum absolute atomic E-state index is 0.137. The highest BCUT2D eigenvalue weighted by Crippen LogP contribution is 2.34. The van der Waals surface area contributed by atoms with Gasteiger partial charge in [0, 0.05) is 32.3 Å². The van der Waals surface area contributed by atoms with E-state index in [1.807, 2.05) is 32.0 Å². The van der Waals surface area contributed by atoms with Crippen LogP contribution in [0.3, 0.4) is 0 Å². The summed E-state index contributed by atoms with van der Waals surface area (Å²) in [5.74, 6) is 0.297. The van der Waals surface area contributed by atoms with E-state index in [1.165, 1.54) is 15.4 Å². The number of imidazole rings is 1. The monoisotopic (exact) mass is 442 g/mol. The Balaban J connectivity index is 1.88. The third-order valence-electron chi connectivity index (χ3n) is 5.87. The fourth-order valence-electron chi connectivity index (χ4n) is 4.29. The number of hydrogen-bond acceptors (Lipinski definition) is 7. The molecule has 0 unspecified atom stereocenters. The predicted octanol–water partition coefficient (Wildman–Crippen LogP) is 2.17. The molecule has 1 aromatic carbocycles. The van der Waals surface area contributed by atoms with Crippen LogP contribution in [0.5, 0.6) is 5.88 Å². The van der Waals surface area contributed by atoms with Crippen LogP contribution in [0.15, 0.2) is 35.4 Å². The van der Waals surface area contributed by atoms with Crippen LogP contribution >= 0.6 is 0 Å². The summed E-state index contributed by atoms with van der Waals surface area (Å²) in [6.45, 7) is 3.86. The van der Waals surface area contributed by atoms with Crippen molar-refractivity contribution >= 4 is 5.82 Å². The van der Waals surface area contributed by atoms with Gasteiger partial charge in [-0.1, -0.05) is 17.7 Å². The third kappa shape index (κ3) is 3.17. The quantitative estimate of drug-likeness (QED) is 0.442. The second-order valence-corrected chi connectivity index (χ2v) is 8.20. The lowest BCUT2D eigenvalue weighted by atomic mass is 10.0. The van der Waals surface area contributed by atoms with Crippen LogP contribution in [0.2, 0.25) is 0 Å². The molecule has 0 radical (unpaired) electrons. The third-order valence-corrected chi connectivity index (χ3v) is 5.87. The van der Waals surface area contributed by atoms with E-state index in [-0.39, 0.29) is 17.4 Å². The van der Waals surface area contributed by atoms with Crippen molar-refractivity contribution in [2.24, 2.45) is 14.1 Å². The van der Waals surface area contributed by atoms with Crippen LogP contribution in [-0.4, -0.2) is 28.9 Å². The molecule has 0 fully saturated rings. The van der Waals surface area contributed by atoms with Crippen LogP contribution in [0, 0.1) is 18.3 Å². The maximum absolute atomic E-state index is 13.2. The lowest BCUT2D eigenvalue weighted by Crippen LogP contribution is -2.24. The average molecular weight is 442 g/mol. The largest absolute Gasteiger partial charge is 0.467 e. The molecular formula is C23H22N8O2. The predicted molar refractivity (Wildman–Crippen MR) is 121 cm³/mol. The molecule has 0 amide bonds. The smallest absolute Gasteiger partial charge is 0.332 e. The van der Waals surface area contributed by atoms with Crippen LogP contribution in [-0.2, 0) is 20.5 Å². The fourth-order valence-corrected chi connectivity index (χ4v) is 4.29. The van der Waals surface area contributed by atoms with Gasteiger partial charge in [-0.3, -0.25) is 9.25 Å². The van der Waals surface area contributed by atoms with E-state index in [4.69, 9.17) is 10.5 Å². The zero-order valence-corrected chi connectivity index (χ0v) is 18.7. The van der Waals surface area contributed by atoms with Crippen LogP contribution in [0.1, 0.15) is 41.2 Å². The maximum atomic E-state index is 13.2. The van der Waals surface area contributed by atoms with E-state index in [9.17, 15) is 10.1 Å². The Hall–Kier alpha value is -4.39. The summed E-state index contributed by atoms with van der Waals surface area (Å²) >= 11 is 0. The van der Waals surface area contributed by atoms with Gasteiger partial charge in [0.25, 0.3) is 5.88 Å². The molecule has 10 heteroatoms. The Kier molecular flexibility index (Phi) is 4.56. The Bertz CT molecular complexity index is 1520. The Morgan fingerprint density at radius 1 is 1.30 bits per heavy atom. The van der Waals surface area contributed by atoms with Gasteiger partial charge in [-0.15, -0.1) is 0 Å². The number of anilines is 1. The summed E-state index contributed by atoms with van der Waals surface area (Å²) in [6.07, 6.45) is 3.13. The van der Waals surface area contributed by atoms with E-state index >= 15 is 0 Å². The molecule has 0 aliphatic carbocycles. The van der Waals surface area contributed by atoms with Crippen molar-refractivity contribution in [2.75, 3.05) is 5.73 Å². The lowest BCUT2D eigenvalue weighted by Gasteiger charge is -2.21. The number of benzene rings is 1. The molecule has 10 nitrogen and oxygen atoms in total. The van der Waals surface area contributed by atoms with Gasteiger partial charge in [-0.25, -0.2) is 14.8 Å². The van der Waals surface area contributed by atoms with Gasteiger partial charge < -0.3 is 15.0 Å². The number of hydrogen-bond donors (Lipinski definition) is 1. The molecule has 166 valence electrons. The van der Waals surface area contributed by atoms with Gasteiger partial charge in [-0.2, -0.15) is 10.4 Å². The number of nitrogen functional groups attached to an aromatic ring is 1. The number of fused-ring (bicyclic) bond motifs is 7. The van der Waals surface area contributed by atoms with Gasteiger partial charge in [0.05, 0.1) is 34.5 Å². The van der Waals surface area contributed by atoms with Crippen molar-refractivity contribution in [2.45, 2.75) is 26.4 Å². The van der Waals surface area contributed by atoms with Gasteiger partial charge in [0.2, 0.25) is 0 Å². The molecular weight excluding hydrogens is 420 g/mol. The standard InChI is InChI=1S/C23H22N8O2/c1-12-5-6-18-15(7-12)13(2)33-22-21(25)26-10-17(27-22)20-16(28-30(4)19(20)9-24)8-14-11-29(3)23(32)31(14)18/h5-7,10-11,13H,8H2,1-4H3,(H2,25,26)/t13-/m1/s1. The first kappa shape index (κ1) is 20.5. The zero-order chi connectivity index (χ0) is 23.4. The van der Waals surface area contributed by atoms with Gasteiger partial charge in [0.1, 0.15) is 17.9 Å². The van der Waals surface area contributed by atoms with Gasteiger partial charge in [-0.05, 0) is 19.9 Å². The van der Waals surface area contributed by atoms with Crippen LogP contribution < -0.4 is 16.2 Å². The molecule has 4 aromatic rings. The normalized spacial score (nSPS) is 14.7. The number of nitrogens with zero attached hydrogens (tertiary/aromatic N) is 7. The topological polar surface area (TPSA) is 130 Å². The van der Waals surface area contributed by atoms with E-state index < -0.39 is 6.10 Å². The summed E-state index contributed by atoms with van der Waals surface area (Å²) in [5.41, 5.74) is 11.1. The molecule has 2 bridgehead atoms. The second-order valence-electron chi connectivity index (χ2n) is 8.20. The first-order chi connectivity index (χ1) is 15.8. The van der Waals surface area contributed by atoms with Crippen molar-refractivity contribution in [3.63, 3.8) is 0 Å². The molecule has 1 atom stereocenters. The molecule has 3 aromatic heterocycles. The van der Waals surface area contributed by atoms with E-state index in [1.54, 1.807) is 24.9 Å². The highest BCUT2D eigenvalue weighted by Gasteiger charge is 2.26. The van der Waals surface area contributed by atoms with Crippen molar-refractivity contribution in [3.05, 3.63) is 69.3 Å². The molecule has 5 rings (SSSR count). The number of ether oxygens (including phenoxy) is 1. The lowest BCUT2D eigenvalue weighted by molar-refractivity contribution is 0.218. The minimum atomic E-state index is -0.477. The summed E-state index contributed by atoms with van der Waals surface area (Å²) < 4.78 is 10.9. The second kappa shape index (κ2) is 7.34. The molecule has 4 heterocycles. The molecule has 1 aliphatic rings. The van der Waals surface area contributed by atoms with E-state index in [2.05, 4.69) is 21.1 Å². The fraction of sp³-hybridized carbons (Fsp3) is 0.261. The van der Waals surface area contributed by atoms with Crippen LogP contribution in [0.25, 0.3) is 16.9 Å². The highest BCUT2D eigenvalue weighted by molar-refractivity contribution is 5.70. The first-order valence-electron chi connectivity index (χ1n) is 10.4. The van der Waals surface area contributed by atoms with Crippen molar-refractivity contribution in [1.82, 2.24) is 28.9 Å². The zero-order valence-electron chi connectivity index (χ0n) is 18.7. The summed E-state index contributed by atoms with van der Waals surface area (Å²) in [7, 11) is 3.41. The molecule has 0 spiro atoms. The van der Waals surface area contributed by atoms with Crippen molar-refractivity contribution in [3.8, 4) is 28.9 Å². The first-order valence-corrected chi connectivity index (χ1v) is 10.4. The molecule has 2 N–H and O–H groups in total. The number of rotatable bonds is 0. The van der Waals surface area contributed by atoms with E-state index in [0.29, 0.717) is 34.8 Å². The maximum Gasteiger partial charge on any atom is 0.332 e. The summed E-state index contributed by atoms with van der Waals surface area (Å²) in [6, 6.07) is 8.05. The van der Waals surface area contributed by atoms with Crippen molar-refractivity contribution in [1.29, 1.82) is 5.26 Å². The van der Waals surface area contributed by atoms with Crippen molar-refractivity contribution < 1.29 is 4.74 Å². The minimum Gasteiger partial charge on any atom is -0.467 e. The van der Waals surface area contributed by atoms with Crippen LogP contribution in [0.4, 0.5) is 5.82 Å². The average Bonchev–Trinajstić information content (AvgIpc) is 3.24. The Labute approximate surface area is 189 Å². The van der Waals surface area contributed by atoms with Gasteiger partial charge in [0.15, 0.2) is 5.82 Å². The molecule has 1 aliphatic heterocycles. The molecule has 0 saturated carbocycles. The number of aryl methyl sites for hydroxylation is 3. The SMILES string of the molecule is Cc1ccc2c(c1)[C@@H](C)Oc1nc(cnc1N)-c1c(nn(C)c1C#N)Cc1cn(C)c(=O)n1-2. The Morgan fingerprint density at radius 2 is 2.09 bits per heavy atom.